The molecule has 8 nitrogen and oxygen atoms in total. The van der Waals surface area contributed by atoms with Crippen molar-refractivity contribution in [3.63, 3.8) is 0 Å². The first kappa shape index (κ1) is 20.5. The van der Waals surface area contributed by atoms with E-state index in [1.54, 1.807) is 13.8 Å². The molecule has 0 amide bonds. The van der Waals surface area contributed by atoms with E-state index in [-0.39, 0.29) is 24.8 Å². The predicted molar refractivity (Wildman–Crippen MR) is 66.6 cm³/mol. The Bertz CT molecular complexity index is 315. The lowest BCUT2D eigenvalue weighted by atomic mass is 10.2. The smallest absolute Gasteiger partial charge is 0.338 e. The maximum absolute atomic E-state index is 10.9. The Hall–Kier alpha value is -1.80. The standard InChI is InChI=1S/C8H14O6.C4H6O2/c1-3-13-7(11)5(9)6(10)8(12)14-4-2;1-3(5)4(2)6/h5-6,9-10H,3-4H2,1-2H3;1-2H3. The fraction of sp³-hybridized carbons (Fsp3) is 0.667. The molecule has 0 aliphatic heterocycles. The second-order valence-electron chi connectivity index (χ2n) is 3.51. The highest BCUT2D eigenvalue weighted by Gasteiger charge is 2.32. The summed E-state index contributed by atoms with van der Waals surface area (Å²) in [7, 11) is 0. The van der Waals surface area contributed by atoms with Crippen LogP contribution < -0.4 is 0 Å². The molecular weight excluding hydrogens is 272 g/mol. The van der Waals surface area contributed by atoms with E-state index in [1.807, 2.05) is 0 Å². The molecule has 8 heteroatoms. The fourth-order valence-corrected chi connectivity index (χ4v) is 0.713. The van der Waals surface area contributed by atoms with Gasteiger partial charge >= 0.3 is 11.9 Å². The van der Waals surface area contributed by atoms with Gasteiger partial charge in [-0.25, -0.2) is 9.59 Å². The first-order chi connectivity index (χ1) is 9.18. The molecule has 0 heterocycles. The highest BCUT2D eigenvalue weighted by atomic mass is 16.6. The third-order valence-corrected chi connectivity index (χ3v) is 1.85. The van der Waals surface area contributed by atoms with Gasteiger partial charge in [0.1, 0.15) is 0 Å². The number of ether oxygens (including phenoxy) is 2. The Morgan fingerprint density at radius 3 is 1.20 bits per heavy atom. The van der Waals surface area contributed by atoms with Crippen molar-refractivity contribution in [2.45, 2.75) is 39.9 Å². The molecule has 0 radical (unpaired) electrons. The van der Waals surface area contributed by atoms with Crippen LogP contribution in [0.3, 0.4) is 0 Å². The zero-order valence-electron chi connectivity index (χ0n) is 11.9. The largest absolute Gasteiger partial charge is 0.464 e. The van der Waals surface area contributed by atoms with Crippen molar-refractivity contribution in [3.05, 3.63) is 0 Å². The average molecular weight is 292 g/mol. The average Bonchev–Trinajstić information content (AvgIpc) is 2.38. The van der Waals surface area contributed by atoms with Gasteiger partial charge in [0.25, 0.3) is 0 Å². The van der Waals surface area contributed by atoms with Crippen LogP contribution >= 0.6 is 0 Å². The molecule has 0 saturated carbocycles. The summed E-state index contributed by atoms with van der Waals surface area (Å²) in [6, 6.07) is 0. The lowest BCUT2D eigenvalue weighted by molar-refractivity contribution is -0.172. The van der Waals surface area contributed by atoms with E-state index in [2.05, 4.69) is 9.47 Å². The van der Waals surface area contributed by atoms with E-state index in [0.29, 0.717) is 0 Å². The summed E-state index contributed by atoms with van der Waals surface area (Å²) in [5.74, 6) is -2.86. The first-order valence-corrected chi connectivity index (χ1v) is 5.89. The third-order valence-electron chi connectivity index (χ3n) is 1.85. The normalized spacial score (nSPS) is 12.3. The van der Waals surface area contributed by atoms with Gasteiger partial charge in [0.2, 0.25) is 0 Å². The van der Waals surface area contributed by atoms with E-state index in [4.69, 9.17) is 10.2 Å². The summed E-state index contributed by atoms with van der Waals surface area (Å²) in [6.45, 7) is 5.71. The SMILES string of the molecule is CC(=O)C(C)=O.CCOC(=O)C(O)C(O)C(=O)OCC. The minimum Gasteiger partial charge on any atom is -0.464 e. The molecule has 0 spiro atoms. The van der Waals surface area contributed by atoms with Gasteiger partial charge in [-0.3, -0.25) is 9.59 Å². The van der Waals surface area contributed by atoms with E-state index >= 15 is 0 Å². The summed E-state index contributed by atoms with van der Waals surface area (Å²) in [6.07, 6.45) is -3.79. The topological polar surface area (TPSA) is 127 Å². The van der Waals surface area contributed by atoms with Gasteiger partial charge in [0.05, 0.1) is 13.2 Å². The predicted octanol–water partition coefficient (Wildman–Crippen LogP) is -1.00. The molecule has 0 saturated heterocycles. The van der Waals surface area contributed by atoms with Crippen molar-refractivity contribution in [1.82, 2.24) is 0 Å². The van der Waals surface area contributed by atoms with Crippen molar-refractivity contribution in [1.29, 1.82) is 0 Å². The maximum atomic E-state index is 10.9. The number of hydrogen-bond donors (Lipinski definition) is 2. The quantitative estimate of drug-likeness (QED) is 0.471. The monoisotopic (exact) mass is 292 g/mol. The van der Waals surface area contributed by atoms with E-state index < -0.39 is 24.1 Å². The molecule has 2 N–H and O–H groups in total. The zero-order valence-corrected chi connectivity index (χ0v) is 11.9. The number of esters is 2. The zero-order chi connectivity index (χ0) is 16.3. The van der Waals surface area contributed by atoms with Gasteiger partial charge in [-0.05, 0) is 13.8 Å². The van der Waals surface area contributed by atoms with Crippen molar-refractivity contribution in [3.8, 4) is 0 Å². The molecule has 0 bridgehead atoms. The molecule has 0 aliphatic rings. The lowest BCUT2D eigenvalue weighted by Crippen LogP contribution is -2.41. The van der Waals surface area contributed by atoms with Crippen LogP contribution in [0.15, 0.2) is 0 Å². The Kier molecular flexibility index (Phi) is 11.3. The first-order valence-electron chi connectivity index (χ1n) is 5.89. The van der Waals surface area contributed by atoms with Gasteiger partial charge in [-0.15, -0.1) is 0 Å². The highest BCUT2D eigenvalue weighted by Crippen LogP contribution is 1.99. The number of Topliss-reactive ketones (excluding diaryl/α,β-unsaturated/α-hetero) is 2. The molecule has 116 valence electrons. The molecule has 0 aliphatic carbocycles. The molecule has 2 unspecified atom stereocenters. The number of hydrogen-bond acceptors (Lipinski definition) is 8. The number of carbonyl (C=O) groups is 4. The van der Waals surface area contributed by atoms with Gasteiger partial charge in [0.15, 0.2) is 23.8 Å². The van der Waals surface area contributed by atoms with E-state index in [0.717, 1.165) is 0 Å². The summed E-state index contributed by atoms with van der Waals surface area (Å²) in [4.78, 5) is 41.3. The second-order valence-corrected chi connectivity index (χ2v) is 3.51. The van der Waals surface area contributed by atoms with Crippen molar-refractivity contribution in [2.24, 2.45) is 0 Å². The van der Waals surface area contributed by atoms with Crippen molar-refractivity contribution >= 4 is 23.5 Å². The van der Waals surface area contributed by atoms with E-state index in [1.165, 1.54) is 13.8 Å². The highest BCUT2D eigenvalue weighted by molar-refractivity contribution is 6.35. The lowest BCUT2D eigenvalue weighted by Gasteiger charge is -2.14. The minimum atomic E-state index is -1.89. The summed E-state index contributed by atoms with van der Waals surface area (Å²) >= 11 is 0. The van der Waals surface area contributed by atoms with Gasteiger partial charge in [-0.1, -0.05) is 0 Å². The van der Waals surface area contributed by atoms with E-state index in [9.17, 15) is 19.2 Å². The Morgan fingerprint density at radius 2 is 1.05 bits per heavy atom. The molecule has 2 atom stereocenters. The van der Waals surface area contributed by atoms with Crippen LogP contribution in [0.2, 0.25) is 0 Å². The molecule has 20 heavy (non-hydrogen) atoms. The van der Waals surface area contributed by atoms with Crippen LogP contribution in [-0.2, 0) is 28.7 Å². The fourth-order valence-electron chi connectivity index (χ4n) is 0.713. The number of rotatable bonds is 6. The van der Waals surface area contributed by atoms with Crippen molar-refractivity contribution < 1.29 is 38.9 Å². The summed E-state index contributed by atoms with van der Waals surface area (Å²) < 4.78 is 8.79. The van der Waals surface area contributed by atoms with Gasteiger partial charge < -0.3 is 19.7 Å². The van der Waals surface area contributed by atoms with Crippen LogP contribution in [0.5, 0.6) is 0 Å². The Labute approximate surface area is 116 Å². The molecule has 0 aromatic rings. The van der Waals surface area contributed by atoms with Crippen LogP contribution in [-0.4, -0.2) is 59.1 Å². The Balaban J connectivity index is 0. The molecule has 0 aromatic heterocycles. The summed E-state index contributed by atoms with van der Waals surface area (Å²) in [5, 5.41) is 18.2. The van der Waals surface area contributed by atoms with Gasteiger partial charge in [0, 0.05) is 13.8 Å². The second kappa shape index (κ2) is 11.1. The van der Waals surface area contributed by atoms with Crippen LogP contribution in [0.4, 0.5) is 0 Å². The van der Waals surface area contributed by atoms with Crippen molar-refractivity contribution in [2.75, 3.05) is 13.2 Å². The molecule has 0 rings (SSSR count). The number of aliphatic hydroxyl groups excluding tert-OH is 2. The molecular formula is C12H20O8. The number of ketones is 2. The molecule has 0 aromatic carbocycles. The number of carbonyl (C=O) groups excluding carboxylic acids is 4. The summed E-state index contributed by atoms with van der Waals surface area (Å²) in [5.41, 5.74) is 0. The maximum Gasteiger partial charge on any atom is 0.338 e. The molecule has 0 fully saturated rings. The minimum absolute atomic E-state index is 0.0610. The van der Waals surface area contributed by atoms with Crippen LogP contribution in [0, 0.1) is 0 Å². The van der Waals surface area contributed by atoms with Gasteiger partial charge in [-0.2, -0.15) is 0 Å². The Morgan fingerprint density at radius 1 is 0.800 bits per heavy atom. The number of aliphatic hydroxyl groups is 2. The van der Waals surface area contributed by atoms with Crippen LogP contribution in [0.1, 0.15) is 27.7 Å². The van der Waals surface area contributed by atoms with Crippen LogP contribution in [0.25, 0.3) is 0 Å². The third kappa shape index (κ3) is 9.17.